The van der Waals surface area contributed by atoms with Crippen LogP contribution in [0.1, 0.15) is 53.4 Å². The average Bonchev–Trinajstić information content (AvgIpc) is 2.16. The Bertz CT molecular complexity index is 154. The molecule has 0 radical (unpaired) electrons. The van der Waals surface area contributed by atoms with Crippen LogP contribution in [0.2, 0.25) is 0 Å². The third kappa shape index (κ3) is 8.85. The predicted octanol–water partition coefficient (Wildman–Crippen LogP) is 2.46. The van der Waals surface area contributed by atoms with Crippen LogP contribution < -0.4 is 11.3 Å². The number of nitrogens with one attached hydrogen (secondary N) is 1. The van der Waals surface area contributed by atoms with Gasteiger partial charge in [-0.15, -0.1) is 0 Å². The lowest BCUT2D eigenvalue weighted by Gasteiger charge is -2.23. The molecule has 0 spiro atoms. The van der Waals surface area contributed by atoms with Crippen molar-refractivity contribution in [1.82, 2.24) is 5.43 Å². The van der Waals surface area contributed by atoms with Crippen LogP contribution >= 0.6 is 0 Å². The summed E-state index contributed by atoms with van der Waals surface area (Å²) in [6.07, 6.45) is 4.81. The maximum Gasteiger partial charge on any atom is 0.0543 e. The van der Waals surface area contributed by atoms with E-state index in [4.69, 9.17) is 10.6 Å². The SMILES string of the molecule is COC(C)CCC(CCC(C)(C)C)NN. The second-order valence-corrected chi connectivity index (χ2v) is 5.59. The molecule has 0 fully saturated rings. The monoisotopic (exact) mass is 216 g/mol. The molecule has 0 saturated heterocycles. The summed E-state index contributed by atoms with van der Waals surface area (Å²) in [5.74, 6) is 5.54. The van der Waals surface area contributed by atoms with E-state index in [1.807, 2.05) is 0 Å². The molecule has 3 nitrogen and oxygen atoms in total. The number of hydrazine groups is 1. The summed E-state index contributed by atoms with van der Waals surface area (Å²) in [6.45, 7) is 8.88. The Balaban J connectivity index is 3.73. The number of ether oxygens (including phenoxy) is 1. The van der Waals surface area contributed by atoms with Gasteiger partial charge in [0.05, 0.1) is 6.10 Å². The fourth-order valence-electron chi connectivity index (χ4n) is 1.47. The fourth-order valence-corrected chi connectivity index (χ4v) is 1.47. The maximum atomic E-state index is 5.54. The highest BCUT2D eigenvalue weighted by molar-refractivity contribution is 4.70. The van der Waals surface area contributed by atoms with E-state index < -0.39 is 0 Å². The van der Waals surface area contributed by atoms with Crippen molar-refractivity contribution in [3.05, 3.63) is 0 Å². The number of methoxy groups -OCH3 is 1. The van der Waals surface area contributed by atoms with Crippen molar-refractivity contribution in [2.75, 3.05) is 7.11 Å². The van der Waals surface area contributed by atoms with Crippen LogP contribution in [0.4, 0.5) is 0 Å². The molecule has 0 aromatic carbocycles. The van der Waals surface area contributed by atoms with Gasteiger partial charge in [-0.2, -0.15) is 0 Å². The Labute approximate surface area is 94.7 Å². The van der Waals surface area contributed by atoms with Gasteiger partial charge in [-0.3, -0.25) is 11.3 Å². The van der Waals surface area contributed by atoms with Crippen LogP contribution in [-0.4, -0.2) is 19.3 Å². The predicted molar refractivity (Wildman–Crippen MR) is 65.5 cm³/mol. The van der Waals surface area contributed by atoms with E-state index in [0.717, 1.165) is 19.3 Å². The first kappa shape index (κ1) is 14.9. The second kappa shape index (κ2) is 7.20. The quantitative estimate of drug-likeness (QED) is 0.507. The van der Waals surface area contributed by atoms with E-state index >= 15 is 0 Å². The summed E-state index contributed by atoms with van der Waals surface area (Å²) >= 11 is 0. The second-order valence-electron chi connectivity index (χ2n) is 5.59. The molecule has 2 atom stereocenters. The molecule has 2 unspecified atom stereocenters. The highest BCUT2D eigenvalue weighted by Gasteiger charge is 2.15. The van der Waals surface area contributed by atoms with Gasteiger partial charge in [0, 0.05) is 13.2 Å². The van der Waals surface area contributed by atoms with Gasteiger partial charge < -0.3 is 4.74 Å². The molecule has 92 valence electrons. The molecule has 0 amide bonds. The van der Waals surface area contributed by atoms with Crippen LogP contribution in [0.3, 0.4) is 0 Å². The Morgan fingerprint density at radius 2 is 1.80 bits per heavy atom. The van der Waals surface area contributed by atoms with Gasteiger partial charge in [-0.25, -0.2) is 0 Å². The largest absolute Gasteiger partial charge is 0.382 e. The normalized spacial score (nSPS) is 16.4. The van der Waals surface area contributed by atoms with Gasteiger partial charge in [-0.05, 0) is 38.0 Å². The topological polar surface area (TPSA) is 47.3 Å². The minimum absolute atomic E-state index is 0.329. The Kier molecular flexibility index (Phi) is 7.14. The van der Waals surface area contributed by atoms with Gasteiger partial charge in [0.1, 0.15) is 0 Å². The Hall–Kier alpha value is -0.120. The molecular weight excluding hydrogens is 188 g/mol. The van der Waals surface area contributed by atoms with Crippen LogP contribution in [0, 0.1) is 5.41 Å². The standard InChI is InChI=1S/C12H28N2O/c1-10(15-5)6-7-11(14-13)8-9-12(2,3)4/h10-11,14H,6-9,13H2,1-5H3. The Morgan fingerprint density at radius 1 is 1.20 bits per heavy atom. The van der Waals surface area contributed by atoms with E-state index in [9.17, 15) is 0 Å². The smallest absolute Gasteiger partial charge is 0.0543 e. The van der Waals surface area contributed by atoms with Gasteiger partial charge in [0.2, 0.25) is 0 Å². The highest BCUT2D eigenvalue weighted by atomic mass is 16.5. The first-order valence-corrected chi connectivity index (χ1v) is 5.88. The molecule has 0 aliphatic rings. The molecule has 0 aromatic rings. The summed E-state index contributed by atoms with van der Waals surface area (Å²) in [5, 5.41) is 0. The number of rotatable bonds is 7. The molecule has 0 aromatic heterocycles. The van der Waals surface area contributed by atoms with Crippen LogP contribution in [-0.2, 0) is 4.74 Å². The zero-order chi connectivity index (χ0) is 11.9. The van der Waals surface area contributed by atoms with Gasteiger partial charge in [0.25, 0.3) is 0 Å². The van der Waals surface area contributed by atoms with Crippen molar-refractivity contribution in [3.8, 4) is 0 Å². The zero-order valence-corrected chi connectivity index (χ0v) is 11.0. The summed E-state index contributed by atoms with van der Waals surface area (Å²) in [7, 11) is 1.75. The molecule has 0 aliphatic carbocycles. The molecule has 15 heavy (non-hydrogen) atoms. The van der Waals surface area contributed by atoms with E-state index in [1.165, 1.54) is 6.42 Å². The van der Waals surface area contributed by atoms with Gasteiger partial charge in [0.15, 0.2) is 0 Å². The van der Waals surface area contributed by atoms with Crippen LogP contribution in [0.15, 0.2) is 0 Å². The van der Waals surface area contributed by atoms with Crippen LogP contribution in [0.25, 0.3) is 0 Å². The molecule has 0 bridgehead atoms. The average molecular weight is 216 g/mol. The van der Waals surface area contributed by atoms with E-state index in [0.29, 0.717) is 17.6 Å². The molecule has 0 rings (SSSR count). The molecule has 3 heteroatoms. The van der Waals surface area contributed by atoms with Crippen molar-refractivity contribution in [3.63, 3.8) is 0 Å². The summed E-state index contributed by atoms with van der Waals surface area (Å²) in [5.41, 5.74) is 3.29. The highest BCUT2D eigenvalue weighted by Crippen LogP contribution is 2.22. The number of nitrogens with two attached hydrogens (primary N) is 1. The first-order chi connectivity index (χ1) is 6.89. The van der Waals surface area contributed by atoms with Gasteiger partial charge in [-0.1, -0.05) is 20.8 Å². The van der Waals surface area contributed by atoms with Gasteiger partial charge >= 0.3 is 0 Å². The molecule has 0 aliphatic heterocycles. The van der Waals surface area contributed by atoms with Crippen LogP contribution in [0.5, 0.6) is 0 Å². The van der Waals surface area contributed by atoms with Crippen molar-refractivity contribution in [1.29, 1.82) is 0 Å². The third-order valence-electron chi connectivity index (χ3n) is 2.80. The van der Waals surface area contributed by atoms with E-state index in [-0.39, 0.29) is 0 Å². The lowest BCUT2D eigenvalue weighted by molar-refractivity contribution is 0.105. The molecule has 3 N–H and O–H groups in total. The lowest BCUT2D eigenvalue weighted by Crippen LogP contribution is -2.36. The zero-order valence-electron chi connectivity index (χ0n) is 11.0. The summed E-state index contributed by atoms with van der Waals surface area (Å²) < 4.78 is 5.22. The Morgan fingerprint density at radius 3 is 2.20 bits per heavy atom. The maximum absolute atomic E-state index is 5.54. The molecule has 0 heterocycles. The lowest BCUT2D eigenvalue weighted by atomic mass is 9.88. The van der Waals surface area contributed by atoms with Crippen molar-refractivity contribution in [2.45, 2.75) is 65.5 Å². The summed E-state index contributed by atoms with van der Waals surface area (Å²) in [4.78, 5) is 0. The van der Waals surface area contributed by atoms with E-state index in [2.05, 4.69) is 33.1 Å². The van der Waals surface area contributed by atoms with Crippen molar-refractivity contribution < 1.29 is 4.74 Å². The molecule has 0 saturated carbocycles. The fraction of sp³-hybridized carbons (Fsp3) is 1.00. The third-order valence-corrected chi connectivity index (χ3v) is 2.80. The minimum atomic E-state index is 0.329. The van der Waals surface area contributed by atoms with Crippen molar-refractivity contribution in [2.24, 2.45) is 11.3 Å². The van der Waals surface area contributed by atoms with Crippen molar-refractivity contribution >= 4 is 0 Å². The first-order valence-electron chi connectivity index (χ1n) is 5.88. The summed E-state index contributed by atoms with van der Waals surface area (Å²) in [6, 6.07) is 0.418. The van der Waals surface area contributed by atoms with E-state index in [1.54, 1.807) is 7.11 Å². The number of hydrogen-bond acceptors (Lipinski definition) is 3. The molecular formula is C12H28N2O. The number of hydrogen-bond donors (Lipinski definition) is 2. The minimum Gasteiger partial charge on any atom is -0.382 e.